The van der Waals surface area contributed by atoms with E-state index in [9.17, 15) is 10.1 Å². The standard InChI is InChI=1S/C29H21ClN6O3/c1-18-24(33-28(39-18)21-12-6-7-13-23(21)30)17-38-25-14-8-5-11-20(25)16-32-36-29-34-26(19-9-3-2-4-10-19)22(15-31)27(37)35-29/h2-14,16H,17H2,1H3,(H2,34,35,36,37). The fourth-order valence-electron chi connectivity index (χ4n) is 3.77. The van der Waals surface area contributed by atoms with Gasteiger partial charge in [-0.2, -0.15) is 10.4 Å². The summed E-state index contributed by atoms with van der Waals surface area (Å²) in [6, 6.07) is 25.6. The number of rotatable bonds is 8. The Morgan fingerprint density at radius 1 is 1.08 bits per heavy atom. The Kier molecular flexibility index (Phi) is 7.48. The van der Waals surface area contributed by atoms with Crippen LogP contribution in [0.15, 0.2) is 93.2 Å². The number of para-hydroxylation sites is 1. The number of hydrogen-bond acceptors (Lipinski definition) is 8. The van der Waals surface area contributed by atoms with E-state index in [1.54, 1.807) is 42.6 Å². The topological polar surface area (TPSA) is 129 Å². The molecule has 0 aliphatic heterocycles. The van der Waals surface area contributed by atoms with Gasteiger partial charge in [-0.15, -0.1) is 0 Å². The summed E-state index contributed by atoms with van der Waals surface area (Å²) in [5.41, 5.74) is 5.03. The maximum absolute atomic E-state index is 12.5. The zero-order valence-corrected chi connectivity index (χ0v) is 21.4. The molecule has 0 saturated heterocycles. The summed E-state index contributed by atoms with van der Waals surface area (Å²) < 4.78 is 11.8. The van der Waals surface area contributed by atoms with Crippen LogP contribution in [0.4, 0.5) is 5.95 Å². The third-order valence-electron chi connectivity index (χ3n) is 5.73. The number of nitrogens with zero attached hydrogens (tertiary/aromatic N) is 4. The van der Waals surface area contributed by atoms with Gasteiger partial charge in [0.25, 0.3) is 5.56 Å². The van der Waals surface area contributed by atoms with E-state index < -0.39 is 5.56 Å². The summed E-state index contributed by atoms with van der Waals surface area (Å²) in [6.07, 6.45) is 1.54. The Labute approximate surface area is 228 Å². The number of halogens is 1. The fraction of sp³-hybridized carbons (Fsp3) is 0.0690. The molecule has 0 aliphatic rings. The molecule has 5 rings (SSSR count). The molecule has 0 spiro atoms. The van der Waals surface area contributed by atoms with Crippen LogP contribution in [0.3, 0.4) is 0 Å². The number of hydrazone groups is 1. The Morgan fingerprint density at radius 2 is 1.82 bits per heavy atom. The molecule has 2 heterocycles. The molecule has 2 N–H and O–H groups in total. The number of H-pyrrole nitrogens is 1. The van der Waals surface area contributed by atoms with E-state index in [2.05, 4.69) is 25.5 Å². The van der Waals surface area contributed by atoms with Crippen molar-refractivity contribution in [1.82, 2.24) is 15.0 Å². The Bertz CT molecular complexity index is 1760. The lowest BCUT2D eigenvalue weighted by atomic mass is 10.1. The summed E-state index contributed by atoms with van der Waals surface area (Å²) >= 11 is 6.28. The normalized spacial score (nSPS) is 10.9. The molecular formula is C29H21ClN6O3. The summed E-state index contributed by atoms with van der Waals surface area (Å²) in [5, 5.41) is 14.2. The number of benzene rings is 3. The van der Waals surface area contributed by atoms with E-state index in [1.165, 1.54) is 0 Å². The molecule has 10 heteroatoms. The third kappa shape index (κ3) is 5.71. The number of oxazole rings is 1. The quantitative estimate of drug-likeness (QED) is 0.185. The van der Waals surface area contributed by atoms with E-state index in [0.717, 1.165) is 0 Å². The number of nitrogens with one attached hydrogen (secondary N) is 2. The van der Waals surface area contributed by atoms with Crippen molar-refractivity contribution in [2.75, 3.05) is 5.43 Å². The van der Waals surface area contributed by atoms with Crippen LogP contribution in [0.2, 0.25) is 5.02 Å². The first-order chi connectivity index (χ1) is 19.0. The summed E-state index contributed by atoms with van der Waals surface area (Å²) in [4.78, 5) is 23.9. The van der Waals surface area contributed by atoms with Gasteiger partial charge in [0.15, 0.2) is 0 Å². The molecule has 0 atom stereocenters. The van der Waals surface area contributed by atoms with Gasteiger partial charge in [-0.1, -0.05) is 66.2 Å². The molecule has 9 nitrogen and oxygen atoms in total. The van der Waals surface area contributed by atoms with Crippen LogP contribution in [-0.4, -0.2) is 21.2 Å². The number of aryl methyl sites for hydroxylation is 1. The monoisotopic (exact) mass is 536 g/mol. The fourth-order valence-corrected chi connectivity index (χ4v) is 3.99. The first kappa shape index (κ1) is 25.4. The molecule has 0 unspecified atom stereocenters. The van der Waals surface area contributed by atoms with Gasteiger partial charge >= 0.3 is 0 Å². The van der Waals surface area contributed by atoms with Crippen LogP contribution in [0, 0.1) is 18.3 Å². The maximum Gasteiger partial charge on any atom is 0.270 e. The van der Waals surface area contributed by atoms with E-state index in [1.807, 2.05) is 55.5 Å². The molecule has 0 bridgehead atoms. The smallest absolute Gasteiger partial charge is 0.270 e. The van der Waals surface area contributed by atoms with Gasteiger partial charge in [-0.05, 0) is 31.2 Å². The minimum atomic E-state index is -0.563. The second-order valence-electron chi connectivity index (χ2n) is 8.31. The molecule has 0 saturated carbocycles. The highest BCUT2D eigenvalue weighted by Crippen LogP contribution is 2.29. The molecule has 39 heavy (non-hydrogen) atoms. The minimum Gasteiger partial charge on any atom is -0.486 e. The average molecular weight is 537 g/mol. The van der Waals surface area contributed by atoms with Crippen LogP contribution in [0.25, 0.3) is 22.7 Å². The molecule has 0 amide bonds. The number of aromatic amines is 1. The van der Waals surface area contributed by atoms with Crippen molar-refractivity contribution in [3.8, 4) is 34.5 Å². The average Bonchev–Trinajstić information content (AvgIpc) is 3.32. The van der Waals surface area contributed by atoms with Gasteiger partial charge in [0.1, 0.15) is 35.4 Å². The highest BCUT2D eigenvalue weighted by Gasteiger charge is 2.15. The second-order valence-corrected chi connectivity index (χ2v) is 8.72. The van der Waals surface area contributed by atoms with Crippen LogP contribution >= 0.6 is 11.6 Å². The summed E-state index contributed by atoms with van der Waals surface area (Å²) in [6.45, 7) is 1.99. The molecule has 0 radical (unpaired) electrons. The van der Waals surface area contributed by atoms with E-state index >= 15 is 0 Å². The van der Waals surface area contributed by atoms with Gasteiger partial charge in [0, 0.05) is 11.1 Å². The molecule has 3 aromatic carbocycles. The number of hydrogen-bond donors (Lipinski definition) is 2. The van der Waals surface area contributed by atoms with Gasteiger partial charge in [-0.3, -0.25) is 9.78 Å². The van der Waals surface area contributed by atoms with E-state index in [0.29, 0.717) is 44.8 Å². The zero-order chi connectivity index (χ0) is 27.2. The van der Waals surface area contributed by atoms with Crippen molar-refractivity contribution in [1.29, 1.82) is 5.26 Å². The van der Waals surface area contributed by atoms with Gasteiger partial charge < -0.3 is 9.15 Å². The Morgan fingerprint density at radius 3 is 2.62 bits per heavy atom. The lowest BCUT2D eigenvalue weighted by molar-refractivity contribution is 0.299. The van der Waals surface area contributed by atoms with Crippen molar-refractivity contribution in [2.45, 2.75) is 13.5 Å². The van der Waals surface area contributed by atoms with Crippen molar-refractivity contribution in [2.24, 2.45) is 5.10 Å². The SMILES string of the molecule is Cc1oc(-c2ccccc2Cl)nc1COc1ccccc1C=NNc1nc(-c2ccccc2)c(C#N)c(=O)[nH]1. The van der Waals surface area contributed by atoms with Gasteiger partial charge in [0.05, 0.1) is 22.5 Å². The summed E-state index contributed by atoms with van der Waals surface area (Å²) in [5.74, 6) is 1.71. The predicted octanol–water partition coefficient (Wildman–Crippen LogP) is 5.95. The van der Waals surface area contributed by atoms with Crippen molar-refractivity contribution < 1.29 is 9.15 Å². The number of aromatic nitrogens is 3. The Balaban J connectivity index is 1.32. The number of ether oxygens (including phenoxy) is 1. The van der Waals surface area contributed by atoms with Crippen molar-refractivity contribution >= 4 is 23.8 Å². The zero-order valence-electron chi connectivity index (χ0n) is 20.7. The van der Waals surface area contributed by atoms with E-state index in [-0.39, 0.29) is 23.8 Å². The second kappa shape index (κ2) is 11.5. The molecule has 192 valence electrons. The van der Waals surface area contributed by atoms with E-state index in [4.69, 9.17) is 20.8 Å². The van der Waals surface area contributed by atoms with Gasteiger partial charge in [-0.25, -0.2) is 15.4 Å². The highest BCUT2D eigenvalue weighted by atomic mass is 35.5. The summed E-state index contributed by atoms with van der Waals surface area (Å²) in [7, 11) is 0. The van der Waals surface area contributed by atoms with Crippen LogP contribution < -0.4 is 15.7 Å². The predicted molar refractivity (Wildman–Crippen MR) is 149 cm³/mol. The number of nitriles is 1. The first-order valence-electron chi connectivity index (χ1n) is 11.9. The molecule has 0 aliphatic carbocycles. The molecule has 2 aromatic heterocycles. The molecule has 0 fully saturated rings. The maximum atomic E-state index is 12.5. The third-order valence-corrected chi connectivity index (χ3v) is 6.06. The van der Waals surface area contributed by atoms with Crippen molar-refractivity contribution in [3.05, 3.63) is 117 Å². The van der Waals surface area contributed by atoms with Crippen LogP contribution in [-0.2, 0) is 6.61 Å². The van der Waals surface area contributed by atoms with Crippen LogP contribution in [0.5, 0.6) is 5.75 Å². The molecule has 5 aromatic rings. The van der Waals surface area contributed by atoms with Crippen LogP contribution in [0.1, 0.15) is 22.6 Å². The lowest BCUT2D eigenvalue weighted by Crippen LogP contribution is -2.16. The minimum absolute atomic E-state index is 0.0738. The highest BCUT2D eigenvalue weighted by molar-refractivity contribution is 6.33. The number of anilines is 1. The molecular weight excluding hydrogens is 516 g/mol. The Hall–Kier alpha value is -5.20. The largest absolute Gasteiger partial charge is 0.486 e. The first-order valence-corrected chi connectivity index (χ1v) is 12.2. The van der Waals surface area contributed by atoms with Crippen molar-refractivity contribution in [3.63, 3.8) is 0 Å². The van der Waals surface area contributed by atoms with Gasteiger partial charge in [0.2, 0.25) is 11.8 Å². The lowest BCUT2D eigenvalue weighted by Gasteiger charge is -2.08.